The van der Waals surface area contributed by atoms with Crippen LogP contribution in [0.5, 0.6) is 0 Å². The molecule has 0 saturated carbocycles. The predicted molar refractivity (Wildman–Crippen MR) is 252 cm³/mol. The molecule has 60 heavy (non-hydrogen) atoms. The largest absolute Gasteiger partial charge is 1.00 e. The summed E-state index contributed by atoms with van der Waals surface area (Å²) in [5, 5.41) is 13.5. The van der Waals surface area contributed by atoms with Crippen LogP contribution in [0.15, 0.2) is 79.6 Å². The number of nitrogens with zero attached hydrogens (tertiary/aromatic N) is 6. The van der Waals surface area contributed by atoms with Crippen LogP contribution in [0.3, 0.4) is 0 Å². The fourth-order valence-corrected chi connectivity index (χ4v) is 8.68. The number of aromatic nitrogens is 6. The minimum Gasteiger partial charge on any atom is -0.380 e. The fraction of sp³-hybridized carbons (Fsp3) is 0.489. The van der Waals surface area contributed by atoms with Crippen molar-refractivity contribution in [1.82, 2.24) is 28.2 Å². The zero-order valence-electron chi connectivity index (χ0n) is 37.1. The molecule has 8 rings (SSSR count). The zero-order valence-corrected chi connectivity index (χ0v) is 39.1. The minimum absolute atomic E-state index is 0. The number of fused-ring (bicyclic) bond motifs is 6. The van der Waals surface area contributed by atoms with Crippen LogP contribution in [0, 0.1) is 6.92 Å². The third-order valence-corrected chi connectivity index (χ3v) is 13.9. The van der Waals surface area contributed by atoms with Gasteiger partial charge in [-0.3, -0.25) is 4.79 Å². The standard InChI is InChI=1S/C21H29N3O2Si.C12H11NO.C9H18N2OSi.C4H9.CH4.Li.H2/c1-27(2,3)13-12-26-15-23-11-9-22-21(23)20(25)18-8-4-6-16-14-17-7-5-10-24(17)19(16)18;14-8-10-4-1-3-9-7-11-5-2-6-13(11)12(9)10;1-13(2,3)7-6-12-9-11-5-4-10-8-11;1-3-4-2;;;/h4,6,8-9,11,14,20,25H,5,7,10,12-13,15H2,1-3H3;1,3-4,7-8H,2,5-6H2;4-5,8H,6-7,9H2,1-3H3;1,3-4H2,2H3;1H4;;1H/q;;;-1;;+1;. The predicted octanol–water partition coefficient (Wildman–Crippen LogP) is 8.28. The van der Waals surface area contributed by atoms with Crippen molar-refractivity contribution in [1.29, 1.82) is 0 Å². The van der Waals surface area contributed by atoms with Gasteiger partial charge in [-0.2, -0.15) is 6.42 Å². The van der Waals surface area contributed by atoms with E-state index >= 15 is 0 Å². The van der Waals surface area contributed by atoms with Gasteiger partial charge in [0.2, 0.25) is 0 Å². The molecule has 2 aromatic carbocycles. The van der Waals surface area contributed by atoms with Crippen molar-refractivity contribution in [3.05, 3.63) is 115 Å². The van der Waals surface area contributed by atoms with Gasteiger partial charge in [-0.15, -0.1) is 0 Å². The second-order valence-corrected chi connectivity index (χ2v) is 29.0. The Hall–Kier alpha value is -3.48. The number of rotatable bonds is 14. The van der Waals surface area contributed by atoms with Crippen LogP contribution in [0.2, 0.25) is 51.4 Å². The molecule has 0 spiro atoms. The Balaban J connectivity index is 0.000000320. The van der Waals surface area contributed by atoms with Gasteiger partial charge in [0, 0.05) is 102 Å². The number of carbonyl (C=O) groups excluding carboxylic acids is 1. The molecule has 2 aliphatic heterocycles. The molecule has 0 saturated heterocycles. The van der Waals surface area contributed by atoms with Gasteiger partial charge in [0.1, 0.15) is 25.4 Å². The van der Waals surface area contributed by atoms with Gasteiger partial charge in [-0.1, -0.05) is 90.4 Å². The molecule has 4 aromatic heterocycles. The van der Waals surface area contributed by atoms with Crippen LogP contribution >= 0.6 is 0 Å². The minimum atomic E-state index is -1.10. The molecule has 0 radical (unpaired) electrons. The van der Waals surface area contributed by atoms with Gasteiger partial charge >= 0.3 is 18.9 Å². The molecule has 6 aromatic rings. The van der Waals surface area contributed by atoms with Crippen molar-refractivity contribution in [3.63, 3.8) is 0 Å². The van der Waals surface area contributed by atoms with Crippen molar-refractivity contribution in [2.75, 3.05) is 13.2 Å². The summed E-state index contributed by atoms with van der Waals surface area (Å²) < 4.78 is 19.9. The van der Waals surface area contributed by atoms with Crippen LogP contribution in [-0.4, -0.2) is 69.0 Å². The van der Waals surface area contributed by atoms with Crippen molar-refractivity contribution in [3.8, 4) is 0 Å². The number of ether oxygens (including phenoxy) is 2. The quantitative estimate of drug-likeness (QED) is 0.0513. The summed E-state index contributed by atoms with van der Waals surface area (Å²) in [5.74, 6) is 0.643. The van der Waals surface area contributed by atoms with E-state index in [1.807, 2.05) is 45.8 Å². The molecule has 0 aliphatic carbocycles. The van der Waals surface area contributed by atoms with Gasteiger partial charge in [-0.05, 0) is 56.0 Å². The number of aliphatic hydroxyl groups is 1. The summed E-state index contributed by atoms with van der Waals surface area (Å²) in [6.07, 6.45) is 16.2. The Labute approximate surface area is 375 Å². The summed E-state index contributed by atoms with van der Waals surface area (Å²) in [6, 6.07) is 18.9. The maximum absolute atomic E-state index is 11.1. The second-order valence-electron chi connectivity index (χ2n) is 17.8. The van der Waals surface area contributed by atoms with Crippen molar-refractivity contribution in [2.45, 2.75) is 137 Å². The van der Waals surface area contributed by atoms with Crippen LogP contribution in [-0.2, 0) is 48.9 Å². The maximum Gasteiger partial charge on any atom is 1.00 e. The van der Waals surface area contributed by atoms with E-state index in [1.165, 1.54) is 47.5 Å². The van der Waals surface area contributed by atoms with Gasteiger partial charge in [0.15, 0.2) is 6.29 Å². The summed E-state index contributed by atoms with van der Waals surface area (Å²) in [5.41, 5.74) is 6.74. The molecule has 0 amide bonds. The van der Waals surface area contributed by atoms with Crippen LogP contribution in [0.4, 0.5) is 0 Å². The molecule has 6 heterocycles. The molecular formula is C47H73LiN6O4Si2. The van der Waals surface area contributed by atoms with Gasteiger partial charge in [0.25, 0.3) is 0 Å². The van der Waals surface area contributed by atoms with Crippen molar-refractivity contribution >= 4 is 44.2 Å². The molecule has 324 valence electrons. The monoisotopic (exact) mass is 849 g/mol. The molecule has 0 fully saturated rings. The van der Waals surface area contributed by atoms with E-state index < -0.39 is 22.3 Å². The molecule has 0 bridgehead atoms. The summed E-state index contributed by atoms with van der Waals surface area (Å²) in [4.78, 5) is 19.3. The van der Waals surface area contributed by atoms with Crippen molar-refractivity contribution in [2.24, 2.45) is 0 Å². The third-order valence-electron chi connectivity index (χ3n) is 10.5. The Bertz CT molecular complexity index is 2170. The summed E-state index contributed by atoms with van der Waals surface area (Å²) in [6.45, 7) is 24.6. The number of unbranched alkanes of at least 4 members (excludes halogenated alkanes) is 1. The Kier molecular flexibility index (Phi) is 20.5. The zero-order chi connectivity index (χ0) is 41.7. The number of carbonyl (C=O) groups is 1. The van der Waals surface area contributed by atoms with E-state index in [2.05, 4.69) is 96.5 Å². The summed E-state index contributed by atoms with van der Waals surface area (Å²) in [7, 11) is -2.03. The number of aryl methyl sites for hydroxylation is 4. The molecular weight excluding hydrogens is 776 g/mol. The second kappa shape index (κ2) is 24.2. The van der Waals surface area contributed by atoms with Gasteiger partial charge in [-0.25, -0.2) is 9.97 Å². The van der Waals surface area contributed by atoms with E-state index in [-0.39, 0.29) is 27.7 Å². The molecule has 1 atom stereocenters. The first-order valence-corrected chi connectivity index (χ1v) is 28.5. The average molecular weight is 849 g/mol. The number of aliphatic hydroxyl groups excluding tert-OH is 1. The Morgan fingerprint density at radius 3 is 1.97 bits per heavy atom. The normalized spacial score (nSPS) is 13.4. The van der Waals surface area contributed by atoms with Crippen molar-refractivity contribution < 1.29 is 39.7 Å². The van der Waals surface area contributed by atoms with Crippen LogP contribution in [0.1, 0.15) is 80.7 Å². The summed E-state index contributed by atoms with van der Waals surface area (Å²) >= 11 is 0. The Morgan fingerprint density at radius 1 is 0.850 bits per heavy atom. The van der Waals surface area contributed by atoms with E-state index in [9.17, 15) is 9.90 Å². The fourth-order valence-electron chi connectivity index (χ4n) is 7.16. The molecule has 2 aliphatic rings. The van der Waals surface area contributed by atoms with Crippen LogP contribution < -0.4 is 18.9 Å². The first-order chi connectivity index (χ1) is 27.8. The number of hydrogen-bond donors (Lipinski definition) is 1. The number of hydrogen-bond acceptors (Lipinski definition) is 6. The molecule has 1 unspecified atom stereocenters. The van der Waals surface area contributed by atoms with E-state index in [4.69, 9.17) is 9.47 Å². The first kappa shape index (κ1) is 50.9. The maximum atomic E-state index is 11.1. The topological polar surface area (TPSA) is 101 Å². The van der Waals surface area contributed by atoms with Crippen LogP contribution in [0.25, 0.3) is 21.8 Å². The van der Waals surface area contributed by atoms with Gasteiger partial charge < -0.3 is 39.8 Å². The number of benzene rings is 2. The van der Waals surface area contributed by atoms with E-state index in [1.54, 1.807) is 18.7 Å². The Morgan fingerprint density at radius 2 is 1.42 bits per heavy atom. The van der Waals surface area contributed by atoms with Gasteiger partial charge in [0.05, 0.1) is 17.4 Å². The number of aldehydes is 1. The number of imidazole rings is 2. The third kappa shape index (κ3) is 14.3. The molecule has 10 nitrogen and oxygen atoms in total. The first-order valence-electron chi connectivity index (χ1n) is 21.1. The van der Waals surface area contributed by atoms with E-state index in [0.29, 0.717) is 19.3 Å². The van der Waals surface area contributed by atoms with E-state index in [0.717, 1.165) is 80.1 Å². The average Bonchev–Trinajstić information content (AvgIpc) is 4.05. The smallest absolute Gasteiger partial charge is 0.380 e. The number of para-hydroxylation sites is 2. The SMILES string of the molecule is C.C[Si](C)(C)CCOCn1ccnc1.C[Si](C)(C)CCOCn1ccnc1C(O)c1cccc2cc3n(c12)CCC3.O=Cc1cccc2cc3n(c12)CCC3.[CH2-]CCC.[HH].[Li+]. The molecule has 13 heteroatoms. The molecule has 1 N–H and O–H groups in total.